The van der Waals surface area contributed by atoms with Crippen molar-refractivity contribution in [3.63, 3.8) is 0 Å². The Kier molecular flexibility index (Phi) is 2.57. The molecule has 0 aliphatic carbocycles. The standard InChI is InChI=1S/C11H17NO4S/c1-17(14,15)16-10-4-8-2-7-3-9(5-10)12(8)6-11(7)13/h7-10H,2-6H2,1H3/t7?,8-,9?,10?/m1/s1. The van der Waals surface area contributed by atoms with Crippen molar-refractivity contribution in [2.75, 3.05) is 12.8 Å². The second-order valence-corrected chi connectivity index (χ2v) is 7.11. The number of rotatable bonds is 2. The molecule has 4 bridgehead atoms. The van der Waals surface area contributed by atoms with Crippen LogP contribution in [0.3, 0.4) is 0 Å². The normalized spacial score (nSPS) is 45.0. The van der Waals surface area contributed by atoms with Gasteiger partial charge in [0.1, 0.15) is 5.78 Å². The van der Waals surface area contributed by atoms with E-state index in [2.05, 4.69) is 4.90 Å². The highest BCUT2D eigenvalue weighted by atomic mass is 32.2. The Labute approximate surface area is 101 Å². The van der Waals surface area contributed by atoms with Gasteiger partial charge in [0.05, 0.1) is 18.9 Å². The summed E-state index contributed by atoms with van der Waals surface area (Å²) in [5.41, 5.74) is 0. The van der Waals surface area contributed by atoms with Crippen LogP contribution in [0.15, 0.2) is 0 Å². The molecule has 0 aromatic heterocycles. The number of fused-ring (bicyclic) bond motifs is 1. The van der Waals surface area contributed by atoms with Gasteiger partial charge in [-0.3, -0.25) is 13.9 Å². The summed E-state index contributed by atoms with van der Waals surface area (Å²) in [7, 11) is -3.36. The average molecular weight is 259 g/mol. The molecule has 4 aliphatic rings. The Morgan fingerprint density at radius 1 is 1.18 bits per heavy atom. The molecule has 0 aromatic rings. The first-order valence-electron chi connectivity index (χ1n) is 6.09. The summed E-state index contributed by atoms with van der Waals surface area (Å²) >= 11 is 0. The van der Waals surface area contributed by atoms with E-state index in [1.54, 1.807) is 0 Å². The molecule has 5 nitrogen and oxygen atoms in total. The molecule has 6 heteroatoms. The minimum absolute atomic E-state index is 0.189. The maximum absolute atomic E-state index is 11.6. The molecular formula is C11H17NO4S. The van der Waals surface area contributed by atoms with E-state index in [-0.39, 0.29) is 12.0 Å². The molecule has 4 heterocycles. The Hall–Kier alpha value is -0.460. The predicted octanol–water partition coefficient (Wildman–Crippen LogP) is 0.157. The topological polar surface area (TPSA) is 63.7 Å². The number of hydrogen-bond acceptors (Lipinski definition) is 5. The van der Waals surface area contributed by atoms with Gasteiger partial charge in [0, 0.05) is 18.0 Å². The third-order valence-corrected chi connectivity index (χ3v) is 4.85. The van der Waals surface area contributed by atoms with Gasteiger partial charge in [-0.2, -0.15) is 8.42 Å². The van der Waals surface area contributed by atoms with Gasteiger partial charge in [-0.1, -0.05) is 0 Å². The summed E-state index contributed by atoms with van der Waals surface area (Å²) in [5.74, 6) is 0.578. The van der Waals surface area contributed by atoms with Crippen LogP contribution in [0, 0.1) is 5.92 Å². The van der Waals surface area contributed by atoms with Crippen molar-refractivity contribution in [2.45, 2.75) is 43.9 Å². The third-order valence-electron chi connectivity index (χ3n) is 4.23. The maximum Gasteiger partial charge on any atom is 0.264 e. The minimum Gasteiger partial charge on any atom is -0.298 e. The average Bonchev–Trinajstić information content (AvgIpc) is 2.15. The van der Waals surface area contributed by atoms with E-state index in [1.165, 1.54) is 0 Å². The zero-order valence-electron chi connectivity index (χ0n) is 9.83. The molecule has 0 radical (unpaired) electrons. The molecule has 17 heavy (non-hydrogen) atoms. The van der Waals surface area contributed by atoms with Gasteiger partial charge in [-0.25, -0.2) is 0 Å². The number of nitrogens with zero attached hydrogens (tertiary/aromatic N) is 1. The Morgan fingerprint density at radius 3 is 2.24 bits per heavy atom. The van der Waals surface area contributed by atoms with Crippen LogP contribution in [0.4, 0.5) is 0 Å². The van der Waals surface area contributed by atoms with Gasteiger partial charge < -0.3 is 0 Å². The van der Waals surface area contributed by atoms with E-state index in [0.717, 1.165) is 31.9 Å². The van der Waals surface area contributed by atoms with Gasteiger partial charge in [0.2, 0.25) is 0 Å². The van der Waals surface area contributed by atoms with Gasteiger partial charge in [0.25, 0.3) is 10.1 Å². The molecule has 4 unspecified atom stereocenters. The third kappa shape index (κ3) is 2.13. The van der Waals surface area contributed by atoms with Crippen LogP contribution in [0.2, 0.25) is 0 Å². The van der Waals surface area contributed by atoms with Crippen molar-refractivity contribution in [3.8, 4) is 0 Å². The van der Waals surface area contributed by atoms with Gasteiger partial charge in [0.15, 0.2) is 0 Å². The number of carbonyl (C=O) groups excluding carboxylic acids is 1. The van der Waals surface area contributed by atoms with Crippen molar-refractivity contribution in [1.29, 1.82) is 0 Å². The Bertz CT molecular complexity index is 430. The zero-order valence-corrected chi connectivity index (χ0v) is 10.6. The molecule has 0 aromatic carbocycles. The van der Waals surface area contributed by atoms with Crippen LogP contribution >= 0.6 is 0 Å². The zero-order chi connectivity index (χ0) is 12.2. The molecule has 4 rings (SSSR count). The molecule has 4 saturated heterocycles. The van der Waals surface area contributed by atoms with Crippen LogP contribution in [0.5, 0.6) is 0 Å². The number of hydrogen-bond donors (Lipinski definition) is 0. The predicted molar refractivity (Wildman–Crippen MR) is 61.0 cm³/mol. The number of piperidine rings is 4. The highest BCUT2D eigenvalue weighted by Gasteiger charge is 2.49. The first kappa shape index (κ1) is 11.6. The van der Waals surface area contributed by atoms with Crippen molar-refractivity contribution in [3.05, 3.63) is 0 Å². The monoisotopic (exact) mass is 259 g/mol. The summed E-state index contributed by atoms with van der Waals surface area (Å²) in [5, 5.41) is 0. The lowest BCUT2D eigenvalue weighted by molar-refractivity contribution is -0.143. The van der Waals surface area contributed by atoms with Gasteiger partial charge in [-0.15, -0.1) is 0 Å². The number of carbonyl (C=O) groups is 1. The summed E-state index contributed by atoms with van der Waals surface area (Å²) in [6.45, 7) is 0.561. The second-order valence-electron chi connectivity index (χ2n) is 5.51. The molecule has 4 aliphatic heterocycles. The molecule has 96 valence electrons. The van der Waals surface area contributed by atoms with Crippen LogP contribution in [0.25, 0.3) is 0 Å². The van der Waals surface area contributed by atoms with Crippen molar-refractivity contribution in [2.24, 2.45) is 5.92 Å². The van der Waals surface area contributed by atoms with Gasteiger partial charge >= 0.3 is 0 Å². The van der Waals surface area contributed by atoms with Crippen LogP contribution < -0.4 is 0 Å². The summed E-state index contributed by atoms with van der Waals surface area (Å²) < 4.78 is 27.4. The van der Waals surface area contributed by atoms with Crippen molar-refractivity contribution in [1.82, 2.24) is 4.90 Å². The first-order valence-corrected chi connectivity index (χ1v) is 7.91. The van der Waals surface area contributed by atoms with E-state index < -0.39 is 10.1 Å². The minimum atomic E-state index is -3.36. The van der Waals surface area contributed by atoms with E-state index in [0.29, 0.717) is 24.4 Å². The molecule has 0 saturated carbocycles. The fraction of sp³-hybridized carbons (Fsp3) is 0.909. The Balaban J connectivity index is 1.73. The molecular weight excluding hydrogens is 242 g/mol. The van der Waals surface area contributed by atoms with Crippen LogP contribution in [-0.4, -0.2) is 50.1 Å². The molecule has 0 N–H and O–H groups in total. The highest BCUT2D eigenvalue weighted by molar-refractivity contribution is 7.86. The Morgan fingerprint density at radius 2 is 1.76 bits per heavy atom. The lowest BCUT2D eigenvalue weighted by Crippen LogP contribution is -2.63. The second kappa shape index (κ2) is 3.76. The van der Waals surface area contributed by atoms with Crippen LogP contribution in [0.1, 0.15) is 25.7 Å². The lowest BCUT2D eigenvalue weighted by Gasteiger charge is -2.54. The van der Waals surface area contributed by atoms with E-state index in [9.17, 15) is 13.2 Å². The van der Waals surface area contributed by atoms with Crippen molar-refractivity contribution >= 4 is 15.9 Å². The maximum atomic E-state index is 11.6. The van der Waals surface area contributed by atoms with Crippen LogP contribution in [-0.2, 0) is 19.1 Å². The SMILES string of the molecule is CS(=O)(=O)OC1CC2CC3C[C@H](C1)N2CC3=O. The molecule has 4 fully saturated rings. The lowest BCUT2D eigenvalue weighted by atomic mass is 9.72. The summed E-state index contributed by atoms with van der Waals surface area (Å²) in [6.07, 6.45) is 4.18. The van der Waals surface area contributed by atoms with Gasteiger partial charge in [-0.05, 0) is 25.7 Å². The smallest absolute Gasteiger partial charge is 0.264 e. The van der Waals surface area contributed by atoms with E-state index in [4.69, 9.17) is 4.18 Å². The fourth-order valence-corrected chi connectivity index (χ4v) is 4.30. The molecule has 0 amide bonds. The van der Waals surface area contributed by atoms with Crippen molar-refractivity contribution < 1.29 is 17.4 Å². The van der Waals surface area contributed by atoms with E-state index >= 15 is 0 Å². The first-order chi connectivity index (χ1) is 7.92. The summed E-state index contributed by atoms with van der Waals surface area (Å²) in [6, 6.07) is 0.689. The quantitative estimate of drug-likeness (QED) is 0.661. The molecule has 5 atom stereocenters. The highest BCUT2D eigenvalue weighted by Crippen LogP contribution is 2.42. The number of Topliss-reactive ketones (excluding diaryl/α,β-unsaturated/α-hetero) is 1. The largest absolute Gasteiger partial charge is 0.298 e. The summed E-state index contributed by atoms with van der Waals surface area (Å²) in [4.78, 5) is 13.9. The number of ketones is 1. The van der Waals surface area contributed by atoms with E-state index in [1.807, 2.05) is 0 Å². The molecule has 0 spiro atoms. The fourth-order valence-electron chi connectivity index (χ4n) is 3.64.